The van der Waals surface area contributed by atoms with Crippen molar-refractivity contribution in [2.45, 2.75) is 49.2 Å². The van der Waals surface area contributed by atoms with Gasteiger partial charge in [-0.2, -0.15) is 0 Å². The van der Waals surface area contributed by atoms with Gasteiger partial charge in [0.05, 0.1) is 41.3 Å². The smallest absolute Gasteiger partial charge is 0.157 e. The van der Waals surface area contributed by atoms with E-state index in [0.29, 0.717) is 11.5 Å². The molecule has 2 heterocycles. The summed E-state index contributed by atoms with van der Waals surface area (Å²) in [5.74, 6) is 0.0239. The van der Waals surface area contributed by atoms with Crippen molar-refractivity contribution in [2.75, 3.05) is 6.54 Å². The summed E-state index contributed by atoms with van der Waals surface area (Å²) in [5, 5.41) is 13.9. The highest BCUT2D eigenvalue weighted by atomic mass is 35.5. The van der Waals surface area contributed by atoms with E-state index in [-0.39, 0.29) is 29.2 Å². The second kappa shape index (κ2) is 5.59. The molecule has 2 unspecified atom stereocenters. The van der Waals surface area contributed by atoms with Crippen molar-refractivity contribution in [3.63, 3.8) is 0 Å². The van der Waals surface area contributed by atoms with Gasteiger partial charge in [-0.3, -0.25) is 4.79 Å². The number of fused-ring (bicyclic) bond motifs is 1. The second-order valence-corrected chi connectivity index (χ2v) is 7.72. The quantitative estimate of drug-likeness (QED) is 0.809. The summed E-state index contributed by atoms with van der Waals surface area (Å²) < 4.78 is 1.84. The zero-order valence-electron chi connectivity index (χ0n) is 12.6. The number of alkyl halides is 1. The van der Waals surface area contributed by atoms with Crippen molar-refractivity contribution in [3.05, 3.63) is 22.7 Å². The average molecular weight is 356 g/mol. The molecule has 0 amide bonds. The number of carbonyl (C=O) groups is 1. The molecular formula is C16H19Cl2N3O2. The van der Waals surface area contributed by atoms with Crippen LogP contribution in [0.5, 0.6) is 0 Å². The van der Waals surface area contributed by atoms with E-state index in [0.717, 1.165) is 37.2 Å². The van der Waals surface area contributed by atoms with Crippen LogP contribution in [0.4, 0.5) is 0 Å². The topological polar surface area (TPSA) is 67.2 Å². The third-order valence-electron chi connectivity index (χ3n) is 5.33. The zero-order valence-corrected chi connectivity index (χ0v) is 14.1. The summed E-state index contributed by atoms with van der Waals surface area (Å²) in [7, 11) is 0. The van der Waals surface area contributed by atoms with E-state index in [9.17, 15) is 9.90 Å². The van der Waals surface area contributed by atoms with Gasteiger partial charge in [0, 0.05) is 17.4 Å². The predicted molar refractivity (Wildman–Crippen MR) is 88.5 cm³/mol. The highest BCUT2D eigenvalue weighted by molar-refractivity contribution is 6.39. The van der Waals surface area contributed by atoms with Crippen LogP contribution in [0.1, 0.15) is 30.7 Å². The van der Waals surface area contributed by atoms with Gasteiger partial charge in [-0.1, -0.05) is 11.6 Å². The van der Waals surface area contributed by atoms with E-state index in [1.165, 1.54) is 0 Å². The van der Waals surface area contributed by atoms with E-state index >= 15 is 0 Å². The number of allylic oxidation sites excluding steroid dienone is 1. The lowest BCUT2D eigenvalue weighted by Crippen LogP contribution is -2.49. The molecule has 4 rings (SSSR count). The van der Waals surface area contributed by atoms with Gasteiger partial charge in [0.1, 0.15) is 0 Å². The fourth-order valence-electron chi connectivity index (χ4n) is 3.88. The van der Waals surface area contributed by atoms with Crippen LogP contribution in [0.25, 0.3) is 6.08 Å². The Morgan fingerprint density at radius 3 is 3.17 bits per heavy atom. The molecule has 1 aromatic heterocycles. The summed E-state index contributed by atoms with van der Waals surface area (Å²) in [6.07, 6.45) is 6.10. The fraction of sp³-hybridized carbons (Fsp3) is 0.625. The number of Topliss-reactive ketones (excluding diaryl/α,β-unsaturated/α-hetero) is 1. The number of halogens is 2. The number of rotatable bonds is 3. The van der Waals surface area contributed by atoms with E-state index in [1.807, 2.05) is 4.57 Å². The number of imidazole rings is 1. The largest absolute Gasteiger partial charge is 0.391 e. The number of hydrogen-bond acceptors (Lipinski definition) is 4. The van der Waals surface area contributed by atoms with Crippen LogP contribution in [0, 0.1) is 5.92 Å². The monoisotopic (exact) mass is 355 g/mol. The Labute approximate surface area is 144 Å². The van der Waals surface area contributed by atoms with E-state index in [2.05, 4.69) is 10.3 Å². The molecule has 0 radical (unpaired) electrons. The lowest BCUT2D eigenvalue weighted by molar-refractivity contribution is -0.122. The average Bonchev–Trinajstić information content (AvgIpc) is 3.14. The predicted octanol–water partition coefficient (Wildman–Crippen LogP) is 1.70. The molecule has 4 atom stereocenters. The Hall–Kier alpha value is -0.880. The molecule has 124 valence electrons. The van der Waals surface area contributed by atoms with Gasteiger partial charge in [-0.15, -0.1) is 11.6 Å². The SMILES string of the molecule is O=C(Cn1cnc2c1C=C(Cl)C(Cl)C2)[C@H]1CC12NCCC[C@@H]2O. The standard InChI is InChI=1S/C16H19Cl2N3O2/c17-10-4-12-13(5-11(10)18)21(8-19-12)7-14(22)9-6-16(9)15(23)2-1-3-20-16/h5,8-10,15,20,23H,1-4,6-7H2/t9-,10?,15+,16?/m1/s1. The Bertz CT molecular complexity index is 687. The number of carbonyl (C=O) groups excluding carboxylic acids is 1. The number of hydrogen-bond donors (Lipinski definition) is 2. The van der Waals surface area contributed by atoms with E-state index < -0.39 is 6.10 Å². The van der Waals surface area contributed by atoms with Crippen LogP contribution < -0.4 is 5.32 Å². The highest BCUT2D eigenvalue weighted by Gasteiger charge is 2.62. The Kier molecular flexibility index (Phi) is 3.80. The van der Waals surface area contributed by atoms with Gasteiger partial charge in [0.2, 0.25) is 0 Å². The van der Waals surface area contributed by atoms with Gasteiger partial charge in [-0.25, -0.2) is 4.98 Å². The molecule has 3 aliphatic rings. The van der Waals surface area contributed by atoms with Gasteiger partial charge in [0.15, 0.2) is 5.78 Å². The molecular weight excluding hydrogens is 337 g/mol. The Morgan fingerprint density at radius 2 is 2.39 bits per heavy atom. The van der Waals surface area contributed by atoms with Crippen LogP contribution in [-0.4, -0.2) is 44.0 Å². The van der Waals surface area contributed by atoms with Crippen molar-refractivity contribution >= 4 is 35.1 Å². The second-order valence-electron chi connectivity index (χ2n) is 6.75. The zero-order chi connectivity index (χ0) is 16.2. The number of nitrogens with zero attached hydrogens (tertiary/aromatic N) is 2. The maximum absolute atomic E-state index is 12.6. The van der Waals surface area contributed by atoms with Crippen molar-refractivity contribution in [2.24, 2.45) is 5.92 Å². The summed E-state index contributed by atoms with van der Waals surface area (Å²) in [4.78, 5) is 17.0. The summed E-state index contributed by atoms with van der Waals surface area (Å²) in [5.41, 5.74) is 1.36. The number of piperidine rings is 1. The first-order chi connectivity index (χ1) is 11.0. The van der Waals surface area contributed by atoms with Crippen molar-refractivity contribution < 1.29 is 9.90 Å². The molecule has 2 fully saturated rings. The molecule has 2 N–H and O–H groups in total. The summed E-state index contributed by atoms with van der Waals surface area (Å²) in [6.45, 7) is 1.13. The minimum atomic E-state index is -0.423. The lowest BCUT2D eigenvalue weighted by Gasteiger charge is -2.30. The Balaban J connectivity index is 1.50. The molecule has 1 saturated heterocycles. The third kappa shape index (κ3) is 2.54. The number of nitrogens with one attached hydrogen (secondary N) is 1. The highest BCUT2D eigenvalue weighted by Crippen LogP contribution is 2.49. The normalized spacial score (nSPS) is 35.8. The third-order valence-corrected chi connectivity index (χ3v) is 6.20. The molecule has 1 saturated carbocycles. The summed E-state index contributed by atoms with van der Waals surface area (Å²) >= 11 is 12.3. The number of ketones is 1. The maximum atomic E-state index is 12.6. The van der Waals surface area contributed by atoms with Crippen LogP contribution in [-0.2, 0) is 17.8 Å². The summed E-state index contributed by atoms with van der Waals surface area (Å²) in [6, 6.07) is 0. The van der Waals surface area contributed by atoms with Crippen LogP contribution in [0.15, 0.2) is 11.4 Å². The first-order valence-corrected chi connectivity index (χ1v) is 8.83. The fourth-order valence-corrected chi connectivity index (χ4v) is 4.27. The number of aliphatic hydroxyl groups is 1. The molecule has 1 aromatic rings. The minimum Gasteiger partial charge on any atom is -0.391 e. The molecule has 0 aromatic carbocycles. The van der Waals surface area contributed by atoms with E-state index in [1.54, 1.807) is 12.4 Å². The molecule has 1 aliphatic heterocycles. The van der Waals surface area contributed by atoms with Crippen molar-refractivity contribution in [1.82, 2.24) is 14.9 Å². The molecule has 2 aliphatic carbocycles. The molecule has 7 heteroatoms. The molecule has 0 bridgehead atoms. The first-order valence-electron chi connectivity index (χ1n) is 8.02. The maximum Gasteiger partial charge on any atom is 0.157 e. The Morgan fingerprint density at radius 1 is 1.57 bits per heavy atom. The minimum absolute atomic E-state index is 0.111. The molecule has 1 spiro atoms. The van der Waals surface area contributed by atoms with Crippen LogP contribution in [0.2, 0.25) is 0 Å². The number of aromatic nitrogens is 2. The van der Waals surface area contributed by atoms with Crippen LogP contribution in [0.3, 0.4) is 0 Å². The van der Waals surface area contributed by atoms with E-state index in [4.69, 9.17) is 23.2 Å². The van der Waals surface area contributed by atoms with Gasteiger partial charge in [-0.05, 0) is 31.9 Å². The first kappa shape index (κ1) is 15.6. The van der Waals surface area contributed by atoms with Gasteiger partial charge in [0.25, 0.3) is 0 Å². The van der Waals surface area contributed by atoms with Gasteiger partial charge >= 0.3 is 0 Å². The van der Waals surface area contributed by atoms with Gasteiger partial charge < -0.3 is 15.0 Å². The molecule has 5 nitrogen and oxygen atoms in total. The van der Waals surface area contributed by atoms with Crippen molar-refractivity contribution in [3.8, 4) is 0 Å². The number of aliphatic hydroxyl groups excluding tert-OH is 1. The molecule has 23 heavy (non-hydrogen) atoms. The van der Waals surface area contributed by atoms with Crippen LogP contribution >= 0.6 is 23.2 Å². The van der Waals surface area contributed by atoms with Crippen molar-refractivity contribution in [1.29, 1.82) is 0 Å². The lowest BCUT2D eigenvalue weighted by atomic mass is 9.95.